The number of nitrogens with zero attached hydrogens (tertiary/aromatic N) is 2. The first kappa shape index (κ1) is 20.1. The summed E-state index contributed by atoms with van der Waals surface area (Å²) in [6, 6.07) is 14.6. The fourth-order valence-corrected chi connectivity index (χ4v) is 3.26. The van der Waals surface area contributed by atoms with Gasteiger partial charge in [0.2, 0.25) is 5.91 Å². The molecule has 1 N–H and O–H groups in total. The summed E-state index contributed by atoms with van der Waals surface area (Å²) in [4.78, 5) is 33.9. The van der Waals surface area contributed by atoms with Crippen LogP contribution in [0.2, 0.25) is 0 Å². The van der Waals surface area contributed by atoms with E-state index in [-0.39, 0.29) is 37.1 Å². The van der Waals surface area contributed by atoms with Crippen molar-refractivity contribution < 1.29 is 9.53 Å². The maximum atomic E-state index is 12.7. The summed E-state index contributed by atoms with van der Waals surface area (Å²) in [5.41, 5.74) is 0.421. The number of rotatable bonds is 7. The molecule has 1 heterocycles. The Hall–Kier alpha value is -2.67. The molecule has 0 aliphatic heterocycles. The molecule has 0 atom stereocenters. The van der Waals surface area contributed by atoms with Crippen molar-refractivity contribution in [3.63, 3.8) is 0 Å². The Morgan fingerprint density at radius 3 is 2.75 bits per heavy atom. The summed E-state index contributed by atoms with van der Waals surface area (Å²) in [5, 5.41) is 0.538. The molecule has 0 bridgehead atoms. The fraction of sp³-hybridized carbons (Fsp3) is 0.286. The number of fused-ring (bicyclic) bond motifs is 1. The summed E-state index contributed by atoms with van der Waals surface area (Å²) in [7, 11) is 0. The first-order valence-corrected chi connectivity index (χ1v) is 9.89. The van der Waals surface area contributed by atoms with E-state index in [1.807, 2.05) is 44.2 Å². The van der Waals surface area contributed by atoms with Crippen LogP contribution in [-0.4, -0.2) is 33.4 Å². The van der Waals surface area contributed by atoms with E-state index in [4.69, 9.17) is 4.74 Å². The fourth-order valence-electron chi connectivity index (χ4n) is 2.89. The molecule has 1 amide bonds. The number of aromatic amines is 1. The van der Waals surface area contributed by atoms with E-state index >= 15 is 0 Å². The third-order valence-corrected chi connectivity index (χ3v) is 4.80. The predicted octanol–water partition coefficient (Wildman–Crippen LogP) is 3.89. The molecule has 0 aliphatic carbocycles. The lowest BCUT2D eigenvalue weighted by atomic mass is 10.2. The highest BCUT2D eigenvalue weighted by Gasteiger charge is 2.19. The van der Waals surface area contributed by atoms with Gasteiger partial charge >= 0.3 is 0 Å². The molecule has 0 aliphatic rings. The van der Waals surface area contributed by atoms with Gasteiger partial charge in [-0.25, -0.2) is 4.98 Å². The minimum absolute atomic E-state index is 0.0323. The van der Waals surface area contributed by atoms with Crippen molar-refractivity contribution in [3.05, 3.63) is 69.2 Å². The predicted molar refractivity (Wildman–Crippen MR) is 112 cm³/mol. The molecule has 0 radical (unpaired) electrons. The second-order valence-corrected chi connectivity index (χ2v) is 7.62. The summed E-state index contributed by atoms with van der Waals surface area (Å²) < 4.78 is 6.59. The van der Waals surface area contributed by atoms with Gasteiger partial charge in [-0.15, -0.1) is 0 Å². The molecular formula is C21H22BrN3O3. The zero-order valence-electron chi connectivity index (χ0n) is 15.8. The lowest BCUT2D eigenvalue weighted by Crippen LogP contribution is -2.38. The lowest BCUT2D eigenvalue weighted by Gasteiger charge is -2.26. The van der Waals surface area contributed by atoms with Crippen molar-refractivity contribution in [3.8, 4) is 5.75 Å². The number of aromatic nitrogens is 2. The van der Waals surface area contributed by atoms with Crippen molar-refractivity contribution in [2.24, 2.45) is 0 Å². The normalized spacial score (nSPS) is 11.0. The monoisotopic (exact) mass is 443 g/mol. The van der Waals surface area contributed by atoms with Crippen LogP contribution in [0.3, 0.4) is 0 Å². The quantitative estimate of drug-likeness (QED) is 0.600. The smallest absolute Gasteiger partial charge is 0.258 e. The first-order valence-electron chi connectivity index (χ1n) is 9.10. The van der Waals surface area contributed by atoms with Gasteiger partial charge in [0.05, 0.1) is 30.5 Å². The van der Waals surface area contributed by atoms with Crippen LogP contribution >= 0.6 is 15.9 Å². The minimum atomic E-state index is -0.199. The number of ether oxygens (including phenoxy) is 1. The highest BCUT2D eigenvalue weighted by Crippen LogP contribution is 2.18. The van der Waals surface area contributed by atoms with Gasteiger partial charge in [0.15, 0.2) is 0 Å². The molecule has 6 nitrogen and oxygen atoms in total. The second-order valence-electron chi connectivity index (χ2n) is 6.70. The molecule has 2 aromatic carbocycles. The maximum Gasteiger partial charge on any atom is 0.258 e. The first-order chi connectivity index (χ1) is 13.4. The molecule has 0 fully saturated rings. The second kappa shape index (κ2) is 9.01. The summed E-state index contributed by atoms with van der Waals surface area (Å²) in [6.07, 6.45) is 0.239. The molecule has 146 valence electrons. The summed E-state index contributed by atoms with van der Waals surface area (Å²) in [5.74, 6) is 1.12. The lowest BCUT2D eigenvalue weighted by molar-refractivity contribution is -0.134. The molecule has 3 aromatic rings. The van der Waals surface area contributed by atoms with Crippen molar-refractivity contribution in [2.75, 3.05) is 6.61 Å². The molecule has 3 rings (SSSR count). The number of hydrogen-bond donors (Lipinski definition) is 1. The summed E-state index contributed by atoms with van der Waals surface area (Å²) in [6.45, 7) is 4.39. The molecule has 7 heteroatoms. The van der Waals surface area contributed by atoms with Gasteiger partial charge in [0, 0.05) is 10.5 Å². The van der Waals surface area contributed by atoms with E-state index in [2.05, 4.69) is 25.9 Å². The minimum Gasteiger partial charge on any atom is -0.493 e. The Labute approximate surface area is 171 Å². The van der Waals surface area contributed by atoms with Crippen molar-refractivity contribution in [2.45, 2.75) is 32.9 Å². The number of para-hydroxylation sites is 1. The molecule has 0 unspecified atom stereocenters. The number of hydrogen-bond acceptors (Lipinski definition) is 4. The number of H-pyrrole nitrogens is 1. The van der Waals surface area contributed by atoms with Gasteiger partial charge < -0.3 is 14.6 Å². The van der Waals surface area contributed by atoms with Crippen LogP contribution in [0, 0.1) is 0 Å². The largest absolute Gasteiger partial charge is 0.493 e. The van der Waals surface area contributed by atoms with E-state index in [0.717, 1.165) is 4.47 Å². The number of nitrogens with one attached hydrogen (secondary N) is 1. The Kier molecular flexibility index (Phi) is 6.46. The van der Waals surface area contributed by atoms with Crippen LogP contribution in [0.1, 0.15) is 26.1 Å². The van der Waals surface area contributed by atoms with Crippen LogP contribution in [0.4, 0.5) is 0 Å². The zero-order chi connectivity index (χ0) is 20.1. The SMILES string of the molecule is CC(C)N(Cc1nc2ccccc2c(=O)[nH]1)C(=O)CCOc1cccc(Br)c1. The topological polar surface area (TPSA) is 75.3 Å². The van der Waals surface area contributed by atoms with Crippen molar-refractivity contribution in [1.29, 1.82) is 0 Å². The maximum absolute atomic E-state index is 12.7. The Morgan fingerprint density at radius 1 is 1.21 bits per heavy atom. The van der Waals surface area contributed by atoms with Gasteiger partial charge in [0.25, 0.3) is 5.56 Å². The Balaban J connectivity index is 1.67. The number of amides is 1. The number of carbonyl (C=O) groups is 1. The molecule has 0 saturated heterocycles. The van der Waals surface area contributed by atoms with E-state index < -0.39 is 0 Å². The van der Waals surface area contributed by atoms with E-state index in [9.17, 15) is 9.59 Å². The number of benzene rings is 2. The van der Waals surface area contributed by atoms with Crippen LogP contribution in [0.25, 0.3) is 10.9 Å². The molecule has 28 heavy (non-hydrogen) atoms. The third kappa shape index (κ3) is 4.98. The van der Waals surface area contributed by atoms with Crippen molar-refractivity contribution in [1.82, 2.24) is 14.9 Å². The van der Waals surface area contributed by atoms with Crippen LogP contribution in [-0.2, 0) is 11.3 Å². The summed E-state index contributed by atoms with van der Waals surface area (Å²) >= 11 is 3.39. The molecular weight excluding hydrogens is 422 g/mol. The van der Waals surface area contributed by atoms with Crippen molar-refractivity contribution >= 4 is 32.7 Å². The average Bonchev–Trinajstić information content (AvgIpc) is 2.66. The highest BCUT2D eigenvalue weighted by molar-refractivity contribution is 9.10. The van der Waals surface area contributed by atoms with E-state index in [0.29, 0.717) is 22.5 Å². The average molecular weight is 444 g/mol. The molecule has 1 aromatic heterocycles. The molecule has 0 spiro atoms. The van der Waals surface area contributed by atoms with Gasteiger partial charge in [-0.1, -0.05) is 34.1 Å². The van der Waals surface area contributed by atoms with E-state index in [1.54, 1.807) is 23.1 Å². The Morgan fingerprint density at radius 2 is 2.00 bits per heavy atom. The standard InChI is InChI=1S/C21H22BrN3O3/c1-14(2)25(20(26)10-11-28-16-7-5-6-15(22)12-16)13-19-23-18-9-4-3-8-17(18)21(27)24-19/h3-9,12,14H,10-11,13H2,1-2H3,(H,23,24,27). The van der Waals surface area contributed by atoms with Gasteiger partial charge in [-0.3, -0.25) is 9.59 Å². The van der Waals surface area contributed by atoms with E-state index in [1.165, 1.54) is 0 Å². The van der Waals surface area contributed by atoms with Gasteiger partial charge in [0.1, 0.15) is 11.6 Å². The van der Waals surface area contributed by atoms with Gasteiger partial charge in [-0.05, 0) is 44.2 Å². The Bertz CT molecular complexity index is 1030. The third-order valence-electron chi connectivity index (χ3n) is 4.31. The van der Waals surface area contributed by atoms with Crippen LogP contribution < -0.4 is 10.3 Å². The number of halogens is 1. The van der Waals surface area contributed by atoms with Crippen LogP contribution in [0.5, 0.6) is 5.75 Å². The highest BCUT2D eigenvalue weighted by atomic mass is 79.9. The zero-order valence-corrected chi connectivity index (χ0v) is 17.4. The number of carbonyl (C=O) groups excluding carboxylic acids is 1. The molecule has 0 saturated carbocycles. The van der Waals surface area contributed by atoms with Crippen LogP contribution in [0.15, 0.2) is 57.8 Å². The van der Waals surface area contributed by atoms with Gasteiger partial charge in [-0.2, -0.15) is 0 Å².